The largest absolute Gasteiger partial charge is 0.352 e. The number of sulfonamides is 1. The molecule has 5 nitrogen and oxygen atoms in total. The first-order chi connectivity index (χ1) is 10.5. The minimum Gasteiger partial charge on any atom is -0.352 e. The van der Waals surface area contributed by atoms with Gasteiger partial charge in [0.05, 0.1) is 5.75 Å². The lowest BCUT2D eigenvalue weighted by molar-refractivity contribution is 0.0954. The van der Waals surface area contributed by atoms with E-state index in [0.717, 1.165) is 6.42 Å². The van der Waals surface area contributed by atoms with Gasteiger partial charge < -0.3 is 5.32 Å². The van der Waals surface area contributed by atoms with Crippen molar-refractivity contribution in [2.75, 3.05) is 17.0 Å². The van der Waals surface area contributed by atoms with Crippen molar-refractivity contribution in [2.45, 2.75) is 13.3 Å². The van der Waals surface area contributed by atoms with Gasteiger partial charge in [0.1, 0.15) is 0 Å². The van der Waals surface area contributed by atoms with Gasteiger partial charge in [0, 0.05) is 22.7 Å². The highest BCUT2D eigenvalue weighted by Crippen LogP contribution is 2.13. The van der Waals surface area contributed by atoms with Gasteiger partial charge >= 0.3 is 0 Å². The van der Waals surface area contributed by atoms with Gasteiger partial charge in [-0.3, -0.25) is 9.52 Å². The van der Waals surface area contributed by atoms with Crippen LogP contribution < -0.4 is 10.0 Å². The van der Waals surface area contributed by atoms with Gasteiger partial charge in [-0.15, -0.1) is 11.3 Å². The van der Waals surface area contributed by atoms with Crippen LogP contribution in [0.1, 0.15) is 22.2 Å². The molecule has 1 amide bonds. The minimum absolute atomic E-state index is 0.00968. The number of rotatable bonds is 7. The van der Waals surface area contributed by atoms with E-state index in [2.05, 4.69) is 10.0 Å². The predicted molar refractivity (Wildman–Crippen MR) is 89.9 cm³/mol. The molecule has 1 aromatic carbocycles. The average molecular weight is 338 g/mol. The summed E-state index contributed by atoms with van der Waals surface area (Å²) in [6.45, 7) is 2.10. The lowest BCUT2D eigenvalue weighted by atomic mass is 10.2. The highest BCUT2D eigenvalue weighted by atomic mass is 32.2. The maximum Gasteiger partial charge on any atom is 0.251 e. The van der Waals surface area contributed by atoms with E-state index in [-0.39, 0.29) is 11.7 Å². The van der Waals surface area contributed by atoms with Crippen molar-refractivity contribution in [1.82, 2.24) is 5.32 Å². The molecule has 1 aromatic heterocycles. The zero-order valence-electron chi connectivity index (χ0n) is 12.2. The van der Waals surface area contributed by atoms with Gasteiger partial charge in [-0.05, 0) is 43.0 Å². The highest BCUT2D eigenvalue weighted by molar-refractivity contribution is 7.92. The molecular formula is C15H18N2O3S2. The number of amides is 1. The van der Waals surface area contributed by atoms with Crippen molar-refractivity contribution in [3.63, 3.8) is 0 Å². The maximum absolute atomic E-state index is 12.1. The van der Waals surface area contributed by atoms with Crippen LogP contribution in [0.4, 0.5) is 5.69 Å². The summed E-state index contributed by atoms with van der Waals surface area (Å²) >= 11 is 1.65. The third kappa shape index (κ3) is 4.85. The first-order valence-corrected chi connectivity index (χ1v) is 9.44. The number of hydrogen-bond acceptors (Lipinski definition) is 4. The Bertz CT molecular complexity index is 725. The zero-order valence-corrected chi connectivity index (χ0v) is 13.8. The minimum atomic E-state index is -3.34. The van der Waals surface area contributed by atoms with Gasteiger partial charge in [-0.1, -0.05) is 12.1 Å². The summed E-state index contributed by atoms with van der Waals surface area (Å²) in [7, 11) is -3.34. The van der Waals surface area contributed by atoms with E-state index in [9.17, 15) is 13.2 Å². The summed E-state index contributed by atoms with van der Waals surface area (Å²) < 4.78 is 25.5. The molecule has 0 saturated heterocycles. The number of carbonyl (C=O) groups is 1. The van der Waals surface area contributed by atoms with Gasteiger partial charge in [0.25, 0.3) is 5.91 Å². The van der Waals surface area contributed by atoms with Crippen molar-refractivity contribution in [2.24, 2.45) is 0 Å². The fourth-order valence-corrected chi connectivity index (χ4v) is 3.17. The van der Waals surface area contributed by atoms with E-state index < -0.39 is 10.0 Å². The van der Waals surface area contributed by atoms with Gasteiger partial charge in [0.15, 0.2) is 0 Å². The number of anilines is 1. The highest BCUT2D eigenvalue weighted by Gasteiger charge is 2.10. The topological polar surface area (TPSA) is 75.3 Å². The Morgan fingerprint density at radius 1 is 1.23 bits per heavy atom. The van der Waals surface area contributed by atoms with Crippen molar-refractivity contribution < 1.29 is 13.2 Å². The Morgan fingerprint density at radius 3 is 2.73 bits per heavy atom. The standard InChI is InChI=1S/C15H18N2O3S2/c1-2-22(19,20)17-13-6-3-5-12(11-13)15(18)16-9-8-14-7-4-10-21-14/h3-7,10-11,17H,2,8-9H2,1H3,(H,16,18). The van der Waals surface area contributed by atoms with E-state index in [1.807, 2.05) is 17.5 Å². The van der Waals surface area contributed by atoms with Crippen molar-refractivity contribution >= 4 is 33.0 Å². The summed E-state index contributed by atoms with van der Waals surface area (Å²) in [5.74, 6) is -0.223. The number of nitrogens with one attached hydrogen (secondary N) is 2. The third-order valence-corrected chi connectivity index (χ3v) is 5.26. The molecule has 22 heavy (non-hydrogen) atoms. The van der Waals surface area contributed by atoms with E-state index in [4.69, 9.17) is 0 Å². The molecule has 2 rings (SSSR count). The predicted octanol–water partition coefficient (Wildman–Crippen LogP) is 2.48. The maximum atomic E-state index is 12.1. The quantitative estimate of drug-likeness (QED) is 0.814. The summed E-state index contributed by atoms with van der Waals surface area (Å²) in [5.41, 5.74) is 0.829. The van der Waals surface area contributed by atoms with E-state index >= 15 is 0 Å². The summed E-state index contributed by atoms with van der Waals surface area (Å²) in [6, 6.07) is 10.5. The molecule has 0 aliphatic rings. The Kier molecular flexibility index (Phi) is 5.57. The molecule has 0 radical (unpaired) electrons. The van der Waals surface area contributed by atoms with Crippen molar-refractivity contribution in [3.05, 3.63) is 52.2 Å². The summed E-state index contributed by atoms with van der Waals surface area (Å²) in [5, 5.41) is 4.83. The SMILES string of the molecule is CCS(=O)(=O)Nc1cccc(C(=O)NCCc2cccs2)c1. The second kappa shape index (κ2) is 7.42. The Morgan fingerprint density at radius 2 is 2.05 bits per heavy atom. The molecule has 0 fully saturated rings. The molecule has 0 spiro atoms. The number of thiophene rings is 1. The summed E-state index contributed by atoms with van der Waals surface area (Å²) in [6.07, 6.45) is 0.783. The fourth-order valence-electron chi connectivity index (χ4n) is 1.83. The van der Waals surface area contributed by atoms with Crippen LogP contribution in [0.3, 0.4) is 0 Å². The molecule has 1 heterocycles. The fraction of sp³-hybridized carbons (Fsp3) is 0.267. The first-order valence-electron chi connectivity index (χ1n) is 6.91. The van der Waals surface area contributed by atoms with Gasteiger partial charge in [-0.25, -0.2) is 8.42 Å². The molecule has 0 unspecified atom stereocenters. The average Bonchev–Trinajstić information content (AvgIpc) is 3.00. The van der Waals surface area contributed by atoms with Crippen molar-refractivity contribution in [3.8, 4) is 0 Å². The lowest BCUT2D eigenvalue weighted by Crippen LogP contribution is -2.25. The van der Waals surface area contributed by atoms with E-state index in [1.54, 1.807) is 36.5 Å². The molecule has 0 aliphatic carbocycles. The zero-order chi connectivity index (χ0) is 16.0. The second-order valence-electron chi connectivity index (χ2n) is 4.67. The number of carbonyl (C=O) groups excluding carboxylic acids is 1. The molecule has 118 valence electrons. The van der Waals surface area contributed by atoms with E-state index in [1.165, 1.54) is 10.9 Å². The second-order valence-corrected chi connectivity index (χ2v) is 7.71. The van der Waals surface area contributed by atoms with Crippen LogP contribution >= 0.6 is 11.3 Å². The molecule has 2 aromatic rings. The molecule has 2 N–H and O–H groups in total. The van der Waals surface area contributed by atoms with E-state index in [0.29, 0.717) is 17.8 Å². The molecule has 0 atom stereocenters. The van der Waals surface area contributed by atoms with Crippen molar-refractivity contribution in [1.29, 1.82) is 0 Å². The van der Waals surface area contributed by atoms with Crippen LogP contribution in [0, 0.1) is 0 Å². The van der Waals surface area contributed by atoms with Crippen LogP contribution in [-0.2, 0) is 16.4 Å². The summed E-state index contributed by atoms with van der Waals surface area (Å²) in [4.78, 5) is 13.3. The Hall–Kier alpha value is -1.86. The third-order valence-electron chi connectivity index (χ3n) is 3.02. The normalized spacial score (nSPS) is 11.1. The molecule has 0 saturated carbocycles. The number of hydrogen-bond donors (Lipinski definition) is 2. The van der Waals surface area contributed by atoms with Crippen LogP contribution in [0.2, 0.25) is 0 Å². The van der Waals surface area contributed by atoms with Crippen LogP contribution in [0.15, 0.2) is 41.8 Å². The lowest BCUT2D eigenvalue weighted by Gasteiger charge is -2.08. The number of benzene rings is 1. The first kappa shape index (κ1) is 16.5. The monoisotopic (exact) mass is 338 g/mol. The van der Waals surface area contributed by atoms with Crippen LogP contribution in [0.5, 0.6) is 0 Å². The smallest absolute Gasteiger partial charge is 0.251 e. The Balaban J connectivity index is 1.95. The van der Waals surface area contributed by atoms with Crippen LogP contribution in [0.25, 0.3) is 0 Å². The Labute approximate surface area is 134 Å². The van der Waals surface area contributed by atoms with Gasteiger partial charge in [0.2, 0.25) is 10.0 Å². The molecule has 7 heteroatoms. The van der Waals surface area contributed by atoms with Crippen LogP contribution in [-0.4, -0.2) is 26.6 Å². The molecular weight excluding hydrogens is 320 g/mol. The van der Waals surface area contributed by atoms with Gasteiger partial charge in [-0.2, -0.15) is 0 Å². The molecule has 0 bridgehead atoms. The molecule has 0 aliphatic heterocycles.